The molecule has 6 heteroatoms. The Bertz CT molecular complexity index is 618. The molecule has 2 aliphatic heterocycles. The Morgan fingerprint density at radius 2 is 2.00 bits per heavy atom. The van der Waals surface area contributed by atoms with Crippen LogP contribution < -0.4 is 5.32 Å². The molecule has 1 aromatic rings. The SMILES string of the molecule is Cc1ccc(Br)c(S(=O)(=O)N2CCC3CCC(C2)N3)c1. The first-order valence-electron chi connectivity index (χ1n) is 6.99. The summed E-state index contributed by atoms with van der Waals surface area (Å²) in [6.45, 7) is 3.10. The van der Waals surface area contributed by atoms with E-state index in [2.05, 4.69) is 21.2 Å². The van der Waals surface area contributed by atoms with Crippen LogP contribution in [0.3, 0.4) is 0 Å². The van der Waals surface area contributed by atoms with E-state index < -0.39 is 10.0 Å². The molecule has 2 atom stereocenters. The minimum absolute atomic E-state index is 0.306. The quantitative estimate of drug-likeness (QED) is 0.882. The number of hydrogen-bond donors (Lipinski definition) is 1. The number of nitrogens with one attached hydrogen (secondary N) is 1. The van der Waals surface area contributed by atoms with Gasteiger partial charge in [0.05, 0.1) is 4.90 Å². The predicted octanol–water partition coefficient (Wildman–Crippen LogP) is 2.27. The normalized spacial score (nSPS) is 27.5. The highest BCUT2D eigenvalue weighted by molar-refractivity contribution is 9.10. The second-order valence-corrected chi connectivity index (χ2v) is 8.48. The van der Waals surface area contributed by atoms with Crippen LogP contribution in [0.5, 0.6) is 0 Å². The molecule has 0 aromatic heterocycles. The van der Waals surface area contributed by atoms with Gasteiger partial charge in [-0.3, -0.25) is 0 Å². The molecule has 2 unspecified atom stereocenters. The Kier molecular flexibility index (Phi) is 3.92. The van der Waals surface area contributed by atoms with Crippen LogP contribution in [0.2, 0.25) is 0 Å². The first-order chi connectivity index (χ1) is 9.46. The van der Waals surface area contributed by atoms with E-state index in [4.69, 9.17) is 0 Å². The van der Waals surface area contributed by atoms with Gasteiger partial charge in [-0.05, 0) is 59.8 Å². The maximum Gasteiger partial charge on any atom is 0.244 e. The number of aryl methyl sites for hydroxylation is 1. The Morgan fingerprint density at radius 1 is 1.25 bits per heavy atom. The maximum atomic E-state index is 12.9. The van der Waals surface area contributed by atoms with Crippen molar-refractivity contribution in [1.82, 2.24) is 9.62 Å². The lowest BCUT2D eigenvalue weighted by atomic mass is 10.1. The van der Waals surface area contributed by atoms with Crippen LogP contribution in [0.15, 0.2) is 27.6 Å². The van der Waals surface area contributed by atoms with Crippen molar-refractivity contribution in [3.63, 3.8) is 0 Å². The molecule has 3 rings (SSSR count). The molecule has 0 spiro atoms. The van der Waals surface area contributed by atoms with Gasteiger partial charge < -0.3 is 5.32 Å². The summed E-state index contributed by atoms with van der Waals surface area (Å²) in [5.74, 6) is 0. The van der Waals surface area contributed by atoms with Crippen LogP contribution in [0.25, 0.3) is 0 Å². The van der Waals surface area contributed by atoms with E-state index in [9.17, 15) is 8.42 Å². The van der Waals surface area contributed by atoms with Gasteiger partial charge >= 0.3 is 0 Å². The lowest BCUT2D eigenvalue weighted by Crippen LogP contribution is -2.39. The van der Waals surface area contributed by atoms with Crippen molar-refractivity contribution in [2.75, 3.05) is 13.1 Å². The molecule has 0 saturated carbocycles. The van der Waals surface area contributed by atoms with Crippen molar-refractivity contribution in [3.05, 3.63) is 28.2 Å². The maximum absolute atomic E-state index is 12.9. The highest BCUT2D eigenvalue weighted by Crippen LogP contribution is 2.29. The third-order valence-electron chi connectivity index (χ3n) is 4.19. The van der Waals surface area contributed by atoms with E-state index in [1.54, 1.807) is 10.4 Å². The number of fused-ring (bicyclic) bond motifs is 2. The molecule has 2 bridgehead atoms. The second-order valence-electron chi connectivity index (χ2n) is 5.72. The zero-order chi connectivity index (χ0) is 14.3. The Balaban J connectivity index is 1.93. The van der Waals surface area contributed by atoms with E-state index >= 15 is 0 Å². The molecular weight excluding hydrogens is 340 g/mol. The van der Waals surface area contributed by atoms with E-state index in [1.165, 1.54) is 6.42 Å². The van der Waals surface area contributed by atoms with Crippen molar-refractivity contribution in [2.24, 2.45) is 0 Å². The van der Waals surface area contributed by atoms with Crippen LogP contribution in [0.1, 0.15) is 24.8 Å². The van der Waals surface area contributed by atoms with E-state index in [0.717, 1.165) is 18.4 Å². The first-order valence-corrected chi connectivity index (χ1v) is 9.22. The molecular formula is C14H19BrN2O2S. The molecule has 2 fully saturated rings. The fourth-order valence-electron chi connectivity index (χ4n) is 3.08. The fraction of sp³-hybridized carbons (Fsp3) is 0.571. The van der Waals surface area contributed by atoms with Gasteiger partial charge in [0.1, 0.15) is 0 Å². The molecule has 110 valence electrons. The number of hydrogen-bond acceptors (Lipinski definition) is 3. The van der Waals surface area contributed by atoms with Crippen molar-refractivity contribution in [3.8, 4) is 0 Å². The fourth-order valence-corrected chi connectivity index (χ4v) is 5.59. The molecule has 1 N–H and O–H groups in total. The van der Waals surface area contributed by atoms with Gasteiger partial charge in [-0.15, -0.1) is 0 Å². The largest absolute Gasteiger partial charge is 0.310 e. The number of benzene rings is 1. The topological polar surface area (TPSA) is 49.4 Å². The summed E-state index contributed by atoms with van der Waals surface area (Å²) in [6.07, 6.45) is 3.15. The third kappa shape index (κ3) is 2.66. The van der Waals surface area contributed by atoms with Crippen molar-refractivity contribution >= 4 is 26.0 Å². The predicted molar refractivity (Wildman–Crippen MR) is 82.2 cm³/mol. The standard InChI is InChI=1S/C14H19BrN2O2S/c1-10-2-5-13(15)14(8-10)20(18,19)17-7-6-11-3-4-12(9-17)16-11/h2,5,8,11-12,16H,3-4,6-7,9H2,1H3. The van der Waals surface area contributed by atoms with Gasteiger partial charge in [-0.1, -0.05) is 6.07 Å². The third-order valence-corrected chi connectivity index (χ3v) is 7.05. The highest BCUT2D eigenvalue weighted by atomic mass is 79.9. The van der Waals surface area contributed by atoms with Crippen molar-refractivity contribution in [2.45, 2.75) is 43.2 Å². The van der Waals surface area contributed by atoms with Crippen molar-refractivity contribution < 1.29 is 8.42 Å². The second kappa shape index (κ2) is 5.40. The Morgan fingerprint density at radius 3 is 2.80 bits per heavy atom. The molecule has 0 aliphatic carbocycles. The van der Waals surface area contributed by atoms with Crippen LogP contribution in [0, 0.1) is 6.92 Å². The van der Waals surface area contributed by atoms with Gasteiger partial charge in [0.25, 0.3) is 0 Å². The molecule has 2 saturated heterocycles. The smallest absolute Gasteiger partial charge is 0.244 e. The van der Waals surface area contributed by atoms with Gasteiger partial charge in [0.15, 0.2) is 0 Å². The number of sulfonamides is 1. The van der Waals surface area contributed by atoms with Gasteiger partial charge in [-0.25, -0.2) is 8.42 Å². The minimum Gasteiger partial charge on any atom is -0.310 e. The van der Waals surface area contributed by atoms with Gasteiger partial charge in [0, 0.05) is 29.6 Å². The summed E-state index contributed by atoms with van der Waals surface area (Å²) in [5, 5.41) is 3.51. The summed E-state index contributed by atoms with van der Waals surface area (Å²) in [5.41, 5.74) is 0.959. The van der Waals surface area contributed by atoms with Crippen LogP contribution >= 0.6 is 15.9 Å². The molecule has 2 aliphatic rings. The Labute approximate surface area is 128 Å². The van der Waals surface area contributed by atoms with E-state index in [-0.39, 0.29) is 0 Å². The van der Waals surface area contributed by atoms with E-state index in [1.807, 2.05) is 19.1 Å². The Hall–Kier alpha value is -0.430. The minimum atomic E-state index is -3.41. The summed E-state index contributed by atoms with van der Waals surface area (Å²) in [7, 11) is -3.41. The van der Waals surface area contributed by atoms with Crippen molar-refractivity contribution in [1.29, 1.82) is 0 Å². The molecule has 20 heavy (non-hydrogen) atoms. The van der Waals surface area contributed by atoms with Gasteiger partial charge in [-0.2, -0.15) is 4.31 Å². The van der Waals surface area contributed by atoms with Gasteiger partial charge in [0.2, 0.25) is 10.0 Å². The lowest BCUT2D eigenvalue weighted by molar-refractivity contribution is 0.383. The molecule has 0 amide bonds. The highest BCUT2D eigenvalue weighted by Gasteiger charge is 2.35. The average molecular weight is 359 g/mol. The first kappa shape index (κ1) is 14.5. The number of rotatable bonds is 2. The molecule has 0 radical (unpaired) electrons. The monoisotopic (exact) mass is 358 g/mol. The van der Waals surface area contributed by atoms with Crippen LogP contribution in [0.4, 0.5) is 0 Å². The zero-order valence-electron chi connectivity index (χ0n) is 11.5. The van der Waals surface area contributed by atoms with Crippen LogP contribution in [-0.4, -0.2) is 37.9 Å². The number of halogens is 1. The molecule has 2 heterocycles. The lowest BCUT2D eigenvalue weighted by Gasteiger charge is -2.24. The van der Waals surface area contributed by atoms with Crippen LogP contribution in [-0.2, 0) is 10.0 Å². The molecule has 1 aromatic carbocycles. The number of nitrogens with zero attached hydrogens (tertiary/aromatic N) is 1. The average Bonchev–Trinajstić information content (AvgIpc) is 2.71. The summed E-state index contributed by atoms with van der Waals surface area (Å²) in [4.78, 5) is 0.385. The van der Waals surface area contributed by atoms with E-state index in [0.29, 0.717) is 34.5 Å². The molecule has 4 nitrogen and oxygen atoms in total. The summed E-state index contributed by atoms with van der Waals surface area (Å²) < 4.78 is 28.0. The summed E-state index contributed by atoms with van der Waals surface area (Å²) in [6, 6.07) is 6.26. The summed E-state index contributed by atoms with van der Waals surface area (Å²) >= 11 is 3.37. The zero-order valence-corrected chi connectivity index (χ0v) is 13.9.